The average Bonchev–Trinajstić information content (AvgIpc) is 2.99. The van der Waals surface area contributed by atoms with Gasteiger partial charge in [0, 0.05) is 36.6 Å². The van der Waals surface area contributed by atoms with Gasteiger partial charge in [-0.05, 0) is 76.5 Å². The smallest absolute Gasteiger partial charge is 0.232 e. The summed E-state index contributed by atoms with van der Waals surface area (Å²) in [6.07, 6.45) is 3.45. The van der Waals surface area contributed by atoms with E-state index >= 15 is 0 Å². The molecule has 0 saturated carbocycles. The lowest BCUT2D eigenvalue weighted by atomic mass is 10.0. The van der Waals surface area contributed by atoms with Gasteiger partial charge >= 0.3 is 0 Å². The fourth-order valence-electron chi connectivity index (χ4n) is 5.34. The average molecular weight is 443 g/mol. The number of hydrogen-bond acceptors (Lipinski definition) is 4. The third-order valence-corrected chi connectivity index (χ3v) is 6.91. The van der Waals surface area contributed by atoms with E-state index in [4.69, 9.17) is 9.97 Å². The molecule has 0 aliphatic carbocycles. The molecule has 2 aromatic carbocycles. The van der Waals surface area contributed by atoms with Crippen LogP contribution < -0.4 is 9.80 Å². The zero-order valence-electron chi connectivity index (χ0n) is 21.2. The molecule has 0 spiro atoms. The molecule has 4 heteroatoms. The topological polar surface area (TPSA) is 32.3 Å². The van der Waals surface area contributed by atoms with Crippen molar-refractivity contribution in [3.8, 4) is 0 Å². The van der Waals surface area contributed by atoms with E-state index in [2.05, 4.69) is 93.8 Å². The van der Waals surface area contributed by atoms with Crippen LogP contribution in [0.5, 0.6) is 0 Å². The summed E-state index contributed by atoms with van der Waals surface area (Å²) in [5.41, 5.74) is 8.92. The standard InChI is InChI=1S/C29H38N4/c1-7-33(27-21(3)17-20(2)18-22(27)4)29-30-24(6)26-15-11-12-16-32(28(26)31-29)19-23(5)25-13-9-8-10-14-25/h8-10,13-14,17-18,23H,7,11-12,15-16,19H2,1-6H3. The summed E-state index contributed by atoms with van der Waals surface area (Å²) in [7, 11) is 0. The Morgan fingerprint density at radius 3 is 2.33 bits per heavy atom. The Balaban J connectivity index is 1.75. The molecule has 4 nitrogen and oxygen atoms in total. The highest BCUT2D eigenvalue weighted by Crippen LogP contribution is 2.35. The summed E-state index contributed by atoms with van der Waals surface area (Å²) in [6.45, 7) is 16.1. The van der Waals surface area contributed by atoms with Crippen molar-refractivity contribution < 1.29 is 0 Å². The fraction of sp³-hybridized carbons (Fsp3) is 0.448. The SMILES string of the molecule is CCN(c1nc(C)c2c(n1)N(CC(C)c1ccccc1)CCCC2)c1c(C)cc(C)cc1C. The molecule has 2 heterocycles. The van der Waals surface area contributed by atoms with Gasteiger partial charge in [-0.25, -0.2) is 4.98 Å². The van der Waals surface area contributed by atoms with E-state index < -0.39 is 0 Å². The third kappa shape index (κ3) is 4.90. The summed E-state index contributed by atoms with van der Waals surface area (Å²) < 4.78 is 0. The minimum Gasteiger partial charge on any atom is -0.356 e. The van der Waals surface area contributed by atoms with Crippen LogP contribution in [0.4, 0.5) is 17.5 Å². The molecular weight excluding hydrogens is 404 g/mol. The van der Waals surface area contributed by atoms with Crippen LogP contribution in [-0.2, 0) is 6.42 Å². The summed E-state index contributed by atoms with van der Waals surface area (Å²) >= 11 is 0. The molecule has 0 N–H and O–H groups in total. The zero-order chi connectivity index (χ0) is 23.5. The van der Waals surface area contributed by atoms with Crippen LogP contribution in [0.1, 0.15) is 66.1 Å². The van der Waals surface area contributed by atoms with Gasteiger partial charge < -0.3 is 9.80 Å². The molecule has 0 bridgehead atoms. The minimum absolute atomic E-state index is 0.444. The van der Waals surface area contributed by atoms with E-state index in [1.165, 1.54) is 46.3 Å². The predicted molar refractivity (Wildman–Crippen MR) is 140 cm³/mol. The molecule has 0 amide bonds. The first-order valence-corrected chi connectivity index (χ1v) is 12.4. The Morgan fingerprint density at radius 2 is 1.67 bits per heavy atom. The molecule has 33 heavy (non-hydrogen) atoms. The number of anilines is 3. The van der Waals surface area contributed by atoms with Gasteiger partial charge in [-0.1, -0.05) is 55.0 Å². The Hall–Kier alpha value is -2.88. The first-order chi connectivity index (χ1) is 15.9. The van der Waals surface area contributed by atoms with Gasteiger partial charge in [-0.2, -0.15) is 4.98 Å². The first-order valence-electron chi connectivity index (χ1n) is 12.4. The van der Waals surface area contributed by atoms with E-state index in [1.807, 2.05) is 0 Å². The molecule has 1 atom stereocenters. The lowest BCUT2D eigenvalue weighted by Gasteiger charge is -2.30. The quantitative estimate of drug-likeness (QED) is 0.419. The van der Waals surface area contributed by atoms with Crippen LogP contribution in [-0.4, -0.2) is 29.6 Å². The minimum atomic E-state index is 0.444. The van der Waals surface area contributed by atoms with Crippen LogP contribution in [0.3, 0.4) is 0 Å². The second-order valence-corrected chi connectivity index (χ2v) is 9.62. The Labute approximate surface area is 199 Å². The van der Waals surface area contributed by atoms with Crippen molar-refractivity contribution in [2.75, 3.05) is 29.4 Å². The highest BCUT2D eigenvalue weighted by molar-refractivity contribution is 5.68. The normalized spacial score (nSPS) is 14.5. The monoisotopic (exact) mass is 442 g/mol. The van der Waals surface area contributed by atoms with Gasteiger partial charge in [0.1, 0.15) is 5.82 Å². The van der Waals surface area contributed by atoms with Crippen molar-refractivity contribution in [3.05, 3.63) is 76.0 Å². The summed E-state index contributed by atoms with van der Waals surface area (Å²) in [6, 6.07) is 15.4. The van der Waals surface area contributed by atoms with Crippen molar-refractivity contribution in [2.24, 2.45) is 0 Å². The predicted octanol–water partition coefficient (Wildman–Crippen LogP) is 6.81. The molecule has 1 unspecified atom stereocenters. The van der Waals surface area contributed by atoms with Gasteiger partial charge in [0.2, 0.25) is 5.95 Å². The largest absolute Gasteiger partial charge is 0.356 e. The number of benzene rings is 2. The van der Waals surface area contributed by atoms with E-state index in [0.29, 0.717) is 5.92 Å². The zero-order valence-corrected chi connectivity index (χ0v) is 21.2. The van der Waals surface area contributed by atoms with Crippen molar-refractivity contribution in [1.29, 1.82) is 0 Å². The van der Waals surface area contributed by atoms with E-state index in [-0.39, 0.29) is 0 Å². The lowest BCUT2D eigenvalue weighted by molar-refractivity contribution is 0.657. The van der Waals surface area contributed by atoms with Crippen molar-refractivity contribution in [1.82, 2.24) is 9.97 Å². The number of nitrogens with zero attached hydrogens (tertiary/aromatic N) is 4. The molecule has 1 aliphatic rings. The highest BCUT2D eigenvalue weighted by Gasteiger charge is 2.25. The number of fused-ring (bicyclic) bond motifs is 1. The maximum Gasteiger partial charge on any atom is 0.232 e. The maximum atomic E-state index is 5.26. The van der Waals surface area contributed by atoms with Crippen molar-refractivity contribution >= 4 is 17.5 Å². The highest BCUT2D eigenvalue weighted by atomic mass is 15.3. The number of rotatable bonds is 6. The summed E-state index contributed by atoms with van der Waals surface area (Å²) in [4.78, 5) is 15.1. The molecule has 0 fully saturated rings. The van der Waals surface area contributed by atoms with E-state index in [0.717, 1.165) is 43.5 Å². The third-order valence-electron chi connectivity index (χ3n) is 6.91. The first kappa shape index (κ1) is 23.3. The molecule has 4 rings (SSSR count). The Kier molecular flexibility index (Phi) is 7.02. The fourth-order valence-corrected chi connectivity index (χ4v) is 5.34. The Morgan fingerprint density at radius 1 is 0.970 bits per heavy atom. The van der Waals surface area contributed by atoms with Gasteiger partial charge in [0.25, 0.3) is 0 Å². The molecule has 3 aromatic rings. The van der Waals surface area contributed by atoms with Crippen LogP contribution in [0, 0.1) is 27.7 Å². The number of hydrogen-bond donors (Lipinski definition) is 0. The molecule has 0 radical (unpaired) electrons. The number of aryl methyl sites for hydroxylation is 4. The number of aromatic nitrogens is 2. The molecule has 1 aromatic heterocycles. The van der Waals surface area contributed by atoms with Crippen molar-refractivity contribution in [2.45, 2.75) is 66.7 Å². The van der Waals surface area contributed by atoms with Gasteiger partial charge in [0.15, 0.2) is 0 Å². The second kappa shape index (κ2) is 9.94. The second-order valence-electron chi connectivity index (χ2n) is 9.62. The molecule has 1 aliphatic heterocycles. The van der Waals surface area contributed by atoms with Gasteiger partial charge in [0.05, 0.1) is 0 Å². The molecular formula is C29H38N4. The molecule has 174 valence electrons. The van der Waals surface area contributed by atoms with Crippen LogP contribution in [0.2, 0.25) is 0 Å². The van der Waals surface area contributed by atoms with Crippen LogP contribution >= 0.6 is 0 Å². The molecule has 0 saturated heterocycles. The lowest BCUT2D eigenvalue weighted by Crippen LogP contribution is -2.31. The van der Waals surface area contributed by atoms with E-state index in [1.54, 1.807) is 0 Å². The Bertz CT molecular complexity index is 1080. The summed E-state index contributed by atoms with van der Waals surface area (Å²) in [5, 5.41) is 0. The van der Waals surface area contributed by atoms with Crippen LogP contribution in [0.25, 0.3) is 0 Å². The summed E-state index contributed by atoms with van der Waals surface area (Å²) in [5.74, 6) is 2.40. The maximum absolute atomic E-state index is 5.26. The van der Waals surface area contributed by atoms with Crippen LogP contribution in [0.15, 0.2) is 42.5 Å². The van der Waals surface area contributed by atoms with Gasteiger partial charge in [-0.15, -0.1) is 0 Å². The van der Waals surface area contributed by atoms with E-state index in [9.17, 15) is 0 Å². The van der Waals surface area contributed by atoms with Gasteiger partial charge in [-0.3, -0.25) is 0 Å². The van der Waals surface area contributed by atoms with Crippen molar-refractivity contribution in [3.63, 3.8) is 0 Å².